The number of piperidine rings is 1. The van der Waals surface area contributed by atoms with Crippen molar-refractivity contribution in [2.45, 2.75) is 38.0 Å². The molecule has 1 fully saturated rings. The summed E-state index contributed by atoms with van der Waals surface area (Å²) in [4.78, 5) is 2.20. The van der Waals surface area contributed by atoms with E-state index in [1.165, 1.54) is 6.26 Å². The van der Waals surface area contributed by atoms with Gasteiger partial charge in [-0.25, -0.2) is 0 Å². The molecule has 3 heterocycles. The summed E-state index contributed by atoms with van der Waals surface area (Å²) in [5.41, 5.74) is -0.359. The average Bonchev–Trinajstić information content (AvgIpc) is 3.24. The monoisotopic (exact) mass is 436 g/mol. The van der Waals surface area contributed by atoms with E-state index in [0.29, 0.717) is 22.9 Å². The molecular formula is C21H23F3N4O3. The summed E-state index contributed by atoms with van der Waals surface area (Å²) in [5, 5.41) is 32.0. The van der Waals surface area contributed by atoms with Crippen molar-refractivity contribution in [1.29, 1.82) is 0 Å². The molecule has 2 aromatic heterocycles. The second-order valence-electron chi connectivity index (χ2n) is 7.80. The highest BCUT2D eigenvalue weighted by atomic mass is 19.4. The van der Waals surface area contributed by atoms with Crippen molar-refractivity contribution in [3.8, 4) is 17.0 Å². The van der Waals surface area contributed by atoms with Gasteiger partial charge in [-0.1, -0.05) is 0 Å². The van der Waals surface area contributed by atoms with Crippen molar-refractivity contribution in [2.24, 2.45) is 0 Å². The van der Waals surface area contributed by atoms with Crippen molar-refractivity contribution in [3.05, 3.63) is 36.1 Å². The Bertz CT molecular complexity index is 1070. The third kappa shape index (κ3) is 4.31. The molecule has 0 radical (unpaired) electrons. The first-order valence-corrected chi connectivity index (χ1v) is 10.0. The van der Waals surface area contributed by atoms with Gasteiger partial charge in [-0.2, -0.15) is 13.2 Å². The number of aliphatic hydroxyl groups excluding tert-OH is 1. The van der Waals surface area contributed by atoms with Crippen LogP contribution >= 0.6 is 0 Å². The summed E-state index contributed by atoms with van der Waals surface area (Å²) in [5.74, 6) is -0.0501. The van der Waals surface area contributed by atoms with Gasteiger partial charge in [0.2, 0.25) is 0 Å². The maximum atomic E-state index is 12.9. The summed E-state index contributed by atoms with van der Waals surface area (Å²) in [7, 11) is 0. The van der Waals surface area contributed by atoms with Crippen LogP contribution in [0.5, 0.6) is 5.75 Å². The predicted molar refractivity (Wildman–Crippen MR) is 109 cm³/mol. The zero-order valence-electron chi connectivity index (χ0n) is 16.9. The van der Waals surface area contributed by atoms with Crippen LogP contribution in [0.15, 0.2) is 34.9 Å². The van der Waals surface area contributed by atoms with E-state index in [1.54, 1.807) is 6.07 Å². The summed E-state index contributed by atoms with van der Waals surface area (Å²) in [6.07, 6.45) is -1.21. The number of hydrogen-bond donors (Lipinski definition) is 3. The Morgan fingerprint density at radius 3 is 2.81 bits per heavy atom. The van der Waals surface area contributed by atoms with Crippen LogP contribution in [0.1, 0.15) is 25.3 Å². The summed E-state index contributed by atoms with van der Waals surface area (Å²) < 4.78 is 44.2. The van der Waals surface area contributed by atoms with E-state index in [0.717, 1.165) is 38.1 Å². The number of likely N-dealkylation sites (tertiary alicyclic amines) is 1. The lowest BCUT2D eigenvalue weighted by atomic mass is 10.0. The molecule has 1 aliphatic heterocycles. The molecule has 0 bridgehead atoms. The van der Waals surface area contributed by atoms with Crippen LogP contribution in [0.25, 0.3) is 22.2 Å². The molecule has 4 rings (SSSR count). The summed E-state index contributed by atoms with van der Waals surface area (Å²) >= 11 is 0. The molecule has 0 spiro atoms. The standard InChI is InChI=1S/C21H23F3N4O3/c1-12(11-29)28-7-2-3-14(10-28)25-20-16-6-8-31-19(16)18(26-27-20)15-5-4-13(9-17(15)30)21(22,23)24/h4-6,8-9,12,14,29-30H,2-3,7,10-11H2,1H3,(H,25,27)/t12?,14-/m1/s1. The Morgan fingerprint density at radius 1 is 1.29 bits per heavy atom. The van der Waals surface area contributed by atoms with Crippen molar-refractivity contribution in [2.75, 3.05) is 25.0 Å². The lowest BCUT2D eigenvalue weighted by Crippen LogP contribution is -2.47. The molecule has 166 valence electrons. The quantitative estimate of drug-likeness (QED) is 0.559. The van der Waals surface area contributed by atoms with Crippen LogP contribution in [0.3, 0.4) is 0 Å². The first-order valence-electron chi connectivity index (χ1n) is 10.0. The number of phenols is 1. The number of fused-ring (bicyclic) bond motifs is 1. The molecule has 1 saturated heterocycles. The fourth-order valence-corrected chi connectivity index (χ4v) is 3.90. The van der Waals surface area contributed by atoms with Crippen molar-refractivity contribution >= 4 is 16.8 Å². The molecule has 2 atom stereocenters. The molecule has 1 aliphatic rings. The number of rotatable bonds is 5. The number of benzene rings is 1. The van der Waals surface area contributed by atoms with E-state index in [9.17, 15) is 23.4 Å². The number of hydrogen-bond acceptors (Lipinski definition) is 7. The fourth-order valence-electron chi connectivity index (χ4n) is 3.90. The molecule has 0 amide bonds. The normalized spacial score (nSPS) is 18.9. The number of halogens is 3. The Kier molecular flexibility index (Phi) is 5.76. The largest absolute Gasteiger partial charge is 0.507 e. The van der Waals surface area contributed by atoms with Crippen LogP contribution in [0.2, 0.25) is 0 Å². The van der Waals surface area contributed by atoms with E-state index < -0.39 is 17.5 Å². The minimum Gasteiger partial charge on any atom is -0.507 e. The maximum Gasteiger partial charge on any atom is 0.416 e. The Labute approximate surface area is 176 Å². The number of aromatic nitrogens is 2. The van der Waals surface area contributed by atoms with E-state index >= 15 is 0 Å². The van der Waals surface area contributed by atoms with Gasteiger partial charge in [0.1, 0.15) is 11.4 Å². The smallest absolute Gasteiger partial charge is 0.416 e. The molecule has 3 N–H and O–H groups in total. The zero-order chi connectivity index (χ0) is 22.2. The number of phenolic OH excluding ortho intramolecular Hbond substituents is 1. The molecule has 10 heteroatoms. The van der Waals surface area contributed by atoms with Crippen LogP contribution in [0, 0.1) is 0 Å². The third-order valence-electron chi connectivity index (χ3n) is 5.65. The van der Waals surface area contributed by atoms with E-state index in [2.05, 4.69) is 20.4 Å². The van der Waals surface area contributed by atoms with Crippen molar-refractivity contribution < 1.29 is 27.8 Å². The second-order valence-corrected chi connectivity index (χ2v) is 7.80. The highest BCUT2D eigenvalue weighted by molar-refractivity contribution is 5.97. The topological polar surface area (TPSA) is 94.7 Å². The fraction of sp³-hybridized carbons (Fsp3) is 0.429. The van der Waals surface area contributed by atoms with E-state index in [1.807, 2.05) is 6.92 Å². The zero-order valence-corrected chi connectivity index (χ0v) is 16.9. The van der Waals surface area contributed by atoms with Gasteiger partial charge >= 0.3 is 6.18 Å². The number of nitrogens with zero attached hydrogens (tertiary/aromatic N) is 3. The van der Waals surface area contributed by atoms with Crippen LogP contribution in [-0.2, 0) is 6.18 Å². The van der Waals surface area contributed by atoms with Gasteiger partial charge in [0.05, 0.1) is 23.8 Å². The van der Waals surface area contributed by atoms with Crippen LogP contribution < -0.4 is 5.32 Å². The maximum absolute atomic E-state index is 12.9. The number of alkyl halides is 3. The minimum absolute atomic E-state index is 0.0645. The number of aliphatic hydroxyl groups is 1. The Morgan fingerprint density at radius 2 is 2.10 bits per heavy atom. The minimum atomic E-state index is -4.56. The third-order valence-corrected chi connectivity index (χ3v) is 5.65. The lowest BCUT2D eigenvalue weighted by molar-refractivity contribution is -0.137. The van der Waals surface area contributed by atoms with Gasteiger partial charge in [0.15, 0.2) is 11.4 Å². The Balaban J connectivity index is 1.63. The number of anilines is 1. The molecule has 0 saturated carbocycles. The number of aromatic hydroxyl groups is 1. The van der Waals surface area contributed by atoms with E-state index in [4.69, 9.17) is 4.42 Å². The summed E-state index contributed by atoms with van der Waals surface area (Å²) in [6, 6.07) is 4.57. The first-order chi connectivity index (χ1) is 14.8. The number of nitrogens with one attached hydrogen (secondary N) is 1. The number of furan rings is 1. The highest BCUT2D eigenvalue weighted by Crippen LogP contribution is 2.39. The van der Waals surface area contributed by atoms with Gasteiger partial charge in [-0.05, 0) is 50.6 Å². The Hall–Kier alpha value is -2.85. The average molecular weight is 436 g/mol. The molecule has 1 unspecified atom stereocenters. The van der Waals surface area contributed by atoms with Gasteiger partial charge in [0, 0.05) is 24.2 Å². The van der Waals surface area contributed by atoms with Crippen LogP contribution in [-0.4, -0.2) is 57.1 Å². The molecule has 31 heavy (non-hydrogen) atoms. The van der Waals surface area contributed by atoms with Gasteiger partial charge < -0.3 is 19.9 Å². The van der Waals surface area contributed by atoms with Gasteiger partial charge in [0.25, 0.3) is 0 Å². The van der Waals surface area contributed by atoms with Gasteiger partial charge in [-0.3, -0.25) is 4.90 Å². The molecule has 3 aromatic rings. The molecule has 7 nitrogen and oxygen atoms in total. The predicted octanol–water partition coefficient (Wildman–Crippen LogP) is 3.87. The van der Waals surface area contributed by atoms with Crippen LogP contribution in [0.4, 0.5) is 19.0 Å². The first kappa shape index (κ1) is 21.4. The summed E-state index contributed by atoms with van der Waals surface area (Å²) in [6.45, 7) is 3.72. The van der Waals surface area contributed by atoms with E-state index in [-0.39, 0.29) is 29.9 Å². The van der Waals surface area contributed by atoms with Gasteiger partial charge in [-0.15, -0.1) is 10.2 Å². The van der Waals surface area contributed by atoms with Crippen molar-refractivity contribution in [1.82, 2.24) is 15.1 Å². The lowest BCUT2D eigenvalue weighted by Gasteiger charge is -2.36. The molecular weight excluding hydrogens is 413 g/mol. The molecule has 0 aliphatic carbocycles. The second kappa shape index (κ2) is 8.35. The highest BCUT2D eigenvalue weighted by Gasteiger charge is 2.32. The molecule has 1 aromatic carbocycles. The van der Waals surface area contributed by atoms with Crippen molar-refractivity contribution in [3.63, 3.8) is 0 Å². The SMILES string of the molecule is CC(CO)N1CCC[C@@H](Nc2nnc(-c3ccc(C(F)(F)F)cc3O)c3occc23)C1.